The number of alkyl halides is 2. The molecule has 2 amide bonds. The summed E-state index contributed by atoms with van der Waals surface area (Å²) in [6.07, 6.45) is 4.75. The summed E-state index contributed by atoms with van der Waals surface area (Å²) < 4.78 is 60.8. The molecule has 0 unspecified atom stereocenters. The molecule has 0 aliphatic carbocycles. The van der Waals surface area contributed by atoms with Crippen LogP contribution in [0.25, 0.3) is 5.57 Å². The Labute approximate surface area is 233 Å². The molecule has 3 fully saturated rings. The average Bonchev–Trinajstić information content (AvgIpc) is 3.49. The fourth-order valence-electron chi connectivity index (χ4n) is 6.15. The molecule has 1 aromatic rings. The molecule has 0 aromatic carbocycles. The van der Waals surface area contributed by atoms with E-state index in [-0.39, 0.29) is 53.6 Å². The van der Waals surface area contributed by atoms with E-state index < -0.39 is 22.3 Å². The lowest BCUT2D eigenvalue weighted by Crippen LogP contribution is -2.41. The second-order valence-corrected chi connectivity index (χ2v) is 13.0. The third-order valence-corrected chi connectivity index (χ3v) is 9.99. The topological polar surface area (TPSA) is 105 Å². The third-order valence-electron chi connectivity index (χ3n) is 8.21. The number of piperidine rings is 1. The van der Waals surface area contributed by atoms with Gasteiger partial charge in [0.1, 0.15) is 0 Å². The van der Waals surface area contributed by atoms with Crippen LogP contribution in [0.5, 0.6) is 0 Å². The Morgan fingerprint density at radius 1 is 1.15 bits per heavy atom. The van der Waals surface area contributed by atoms with Crippen LogP contribution in [-0.4, -0.2) is 110 Å². The monoisotopic (exact) mass is 581 g/mol. The number of likely N-dealkylation sites (tertiary alicyclic amines) is 2. The number of allylic oxidation sites excluding steroid dienone is 3. The van der Waals surface area contributed by atoms with Crippen LogP contribution in [0.2, 0.25) is 0 Å². The number of halogens is 2. The van der Waals surface area contributed by atoms with Gasteiger partial charge in [0.15, 0.2) is 15.5 Å². The molecule has 4 aliphatic heterocycles. The smallest absolute Gasteiger partial charge is 0.274 e. The molecule has 5 rings (SSSR count). The molecule has 0 saturated carbocycles. The first kappa shape index (κ1) is 28.9. The predicted octanol–water partition coefficient (Wildman–Crippen LogP) is 2.49. The van der Waals surface area contributed by atoms with E-state index in [2.05, 4.69) is 4.90 Å². The largest absolute Gasteiger partial charge is 0.378 e. The molecule has 0 bridgehead atoms. The maximum Gasteiger partial charge on any atom is 0.274 e. The number of hydrogen-bond acceptors (Lipinski definition) is 7. The molecule has 1 aromatic heterocycles. The molecule has 0 spiro atoms. The number of nitrogens with zero attached hydrogens (tertiary/aromatic N) is 5. The van der Waals surface area contributed by atoms with Crippen LogP contribution in [0.1, 0.15) is 67.3 Å². The van der Waals surface area contributed by atoms with E-state index in [4.69, 9.17) is 9.84 Å². The molecule has 5 heterocycles. The van der Waals surface area contributed by atoms with E-state index in [1.807, 2.05) is 4.68 Å². The van der Waals surface area contributed by atoms with E-state index in [9.17, 15) is 26.8 Å². The number of hydrogen-bond donors (Lipinski definition) is 0. The van der Waals surface area contributed by atoms with Gasteiger partial charge in [0.05, 0.1) is 42.2 Å². The van der Waals surface area contributed by atoms with Crippen molar-refractivity contribution in [3.05, 3.63) is 34.0 Å². The van der Waals surface area contributed by atoms with Crippen LogP contribution in [0, 0.1) is 0 Å². The van der Waals surface area contributed by atoms with Gasteiger partial charge in [-0.1, -0.05) is 6.08 Å². The lowest BCUT2D eigenvalue weighted by Gasteiger charge is -2.34. The van der Waals surface area contributed by atoms with Gasteiger partial charge in [-0.15, -0.1) is 0 Å². The van der Waals surface area contributed by atoms with Gasteiger partial charge in [0, 0.05) is 51.1 Å². The van der Waals surface area contributed by atoms with Crippen molar-refractivity contribution in [1.82, 2.24) is 24.5 Å². The molecule has 13 heteroatoms. The lowest BCUT2D eigenvalue weighted by molar-refractivity contribution is -0.132. The Morgan fingerprint density at radius 3 is 2.58 bits per heavy atom. The molecule has 40 heavy (non-hydrogen) atoms. The van der Waals surface area contributed by atoms with Crippen molar-refractivity contribution in [3.8, 4) is 0 Å². The first-order chi connectivity index (χ1) is 19.0. The number of rotatable bonds is 6. The minimum Gasteiger partial charge on any atom is -0.378 e. The van der Waals surface area contributed by atoms with Crippen molar-refractivity contribution >= 4 is 27.2 Å². The summed E-state index contributed by atoms with van der Waals surface area (Å²) in [4.78, 5) is 31.4. The summed E-state index contributed by atoms with van der Waals surface area (Å²) in [6, 6.07) is -0.137. The van der Waals surface area contributed by atoms with Crippen molar-refractivity contribution in [2.75, 3.05) is 59.0 Å². The number of fused-ring (bicyclic) bond motifs is 1. The quantitative estimate of drug-likeness (QED) is 0.508. The zero-order valence-electron chi connectivity index (χ0n) is 23.1. The summed E-state index contributed by atoms with van der Waals surface area (Å²) in [5.41, 5.74) is 1.84. The number of carbonyl (C=O) groups excluding carboxylic acids is 2. The van der Waals surface area contributed by atoms with Gasteiger partial charge < -0.3 is 19.4 Å². The Hall–Kier alpha value is -2.64. The fourth-order valence-corrected chi connectivity index (χ4v) is 7.86. The van der Waals surface area contributed by atoms with Gasteiger partial charge in [0.25, 0.3) is 11.8 Å². The van der Waals surface area contributed by atoms with Gasteiger partial charge in [0.2, 0.25) is 5.91 Å². The van der Waals surface area contributed by atoms with Gasteiger partial charge in [-0.2, -0.15) is 5.10 Å². The maximum atomic E-state index is 13.6. The Bertz CT molecular complexity index is 1330. The number of sulfone groups is 1. The highest BCUT2D eigenvalue weighted by molar-refractivity contribution is 7.95. The molecule has 10 nitrogen and oxygen atoms in total. The first-order valence-corrected chi connectivity index (χ1v) is 15.6. The summed E-state index contributed by atoms with van der Waals surface area (Å²) in [5, 5.41) is 4.79. The number of aromatic nitrogens is 2. The second kappa shape index (κ2) is 11.3. The van der Waals surface area contributed by atoms with Crippen LogP contribution < -0.4 is 0 Å². The van der Waals surface area contributed by atoms with Gasteiger partial charge in [-0.25, -0.2) is 17.2 Å². The zero-order chi connectivity index (χ0) is 28.7. The van der Waals surface area contributed by atoms with Gasteiger partial charge in [-0.3, -0.25) is 14.3 Å². The molecule has 3 saturated heterocycles. The Kier molecular flexibility index (Phi) is 8.17. The molecule has 0 radical (unpaired) electrons. The molecule has 0 N–H and O–H groups in total. The van der Waals surface area contributed by atoms with Crippen molar-refractivity contribution in [2.45, 2.75) is 57.2 Å². The number of ether oxygens (including phenoxy) is 1. The Balaban J connectivity index is 1.42. The normalized spacial score (nSPS) is 25.1. The summed E-state index contributed by atoms with van der Waals surface area (Å²) in [7, 11) is -3.66. The van der Waals surface area contributed by atoms with Crippen LogP contribution in [-0.2, 0) is 25.1 Å². The van der Waals surface area contributed by atoms with Crippen LogP contribution in [0.3, 0.4) is 0 Å². The second-order valence-electron chi connectivity index (χ2n) is 11.0. The Morgan fingerprint density at radius 2 is 1.90 bits per heavy atom. The molecular weight excluding hydrogens is 544 g/mol. The van der Waals surface area contributed by atoms with Gasteiger partial charge >= 0.3 is 0 Å². The van der Waals surface area contributed by atoms with E-state index >= 15 is 0 Å². The minimum atomic E-state index is -3.66. The lowest BCUT2D eigenvalue weighted by atomic mass is 10.0. The van der Waals surface area contributed by atoms with E-state index in [0.717, 1.165) is 19.4 Å². The maximum absolute atomic E-state index is 13.6. The van der Waals surface area contributed by atoms with Crippen LogP contribution >= 0.6 is 0 Å². The van der Waals surface area contributed by atoms with Crippen molar-refractivity contribution in [3.63, 3.8) is 0 Å². The fraction of sp³-hybridized carbons (Fsp3) is 0.667. The predicted molar refractivity (Wildman–Crippen MR) is 144 cm³/mol. The third kappa shape index (κ3) is 5.73. The van der Waals surface area contributed by atoms with Crippen molar-refractivity contribution < 1.29 is 31.5 Å². The number of morpholine rings is 1. The molecule has 4 aliphatic rings. The highest BCUT2D eigenvalue weighted by atomic mass is 32.2. The minimum absolute atomic E-state index is 0.0802. The van der Waals surface area contributed by atoms with Crippen molar-refractivity contribution in [2.24, 2.45) is 0 Å². The summed E-state index contributed by atoms with van der Waals surface area (Å²) in [6.45, 7) is 6.52. The zero-order valence-corrected chi connectivity index (χ0v) is 23.9. The highest BCUT2D eigenvalue weighted by Gasteiger charge is 2.41. The van der Waals surface area contributed by atoms with E-state index in [1.165, 1.54) is 4.90 Å². The highest BCUT2D eigenvalue weighted by Crippen LogP contribution is 2.39. The first-order valence-electron chi connectivity index (χ1n) is 13.9. The van der Waals surface area contributed by atoms with E-state index in [1.54, 1.807) is 30.9 Å². The summed E-state index contributed by atoms with van der Waals surface area (Å²) in [5.74, 6) is -3.67. The SMILES string of the molecule is C/C=C\C1=C(C)c2c(c(C(=O)N3CCOCC3)nn2[C@H]2CCCN(CCC(=O)N3CCC(F)(F)C3)C2)CS1(=O)=O. The average molecular weight is 582 g/mol. The number of amides is 2. The standard InChI is InChI=1S/C27H37F2N5O5S/c1-3-5-22-19(2)25-21(17-40(22,37)38)24(26(36)32-12-14-39-15-13-32)30-34(25)20-6-4-9-31(16-20)10-7-23(35)33-11-8-27(28,29)18-33/h3,5,20H,4,6-18H2,1-2H3/b5-3-/t20-/m0/s1. The molecule has 220 valence electrons. The van der Waals surface area contributed by atoms with Gasteiger partial charge in [-0.05, 0) is 44.9 Å². The van der Waals surface area contributed by atoms with Crippen LogP contribution in [0.15, 0.2) is 17.1 Å². The summed E-state index contributed by atoms with van der Waals surface area (Å²) >= 11 is 0. The number of carbonyl (C=O) groups is 2. The van der Waals surface area contributed by atoms with Crippen LogP contribution in [0.4, 0.5) is 8.78 Å². The molecule has 1 atom stereocenters. The van der Waals surface area contributed by atoms with E-state index in [0.29, 0.717) is 56.2 Å². The van der Waals surface area contributed by atoms with Crippen molar-refractivity contribution in [1.29, 1.82) is 0 Å². The molecular formula is C27H37F2N5O5S.